The standard InChI is InChI=1S/C16H20N2O3S2/c1-12-11-21-13(2)10-18(12)15-7-5-14(6-8-15)17-23(19,20)16-4-3-9-22-16/h3-9,12-13,17H,10-11H2,1-2H3. The van der Waals surface area contributed by atoms with Crippen molar-refractivity contribution >= 4 is 32.7 Å². The SMILES string of the molecule is CC1CN(c2ccc(NS(=O)(=O)c3cccs3)cc2)C(C)CO1. The van der Waals surface area contributed by atoms with Crippen LogP contribution in [0, 0.1) is 0 Å². The quantitative estimate of drug-likeness (QED) is 0.918. The fourth-order valence-corrected chi connectivity index (χ4v) is 4.66. The zero-order chi connectivity index (χ0) is 16.4. The highest BCUT2D eigenvalue weighted by Gasteiger charge is 2.23. The van der Waals surface area contributed by atoms with Crippen LogP contribution in [0.15, 0.2) is 46.0 Å². The van der Waals surface area contributed by atoms with E-state index in [-0.39, 0.29) is 6.10 Å². The van der Waals surface area contributed by atoms with Gasteiger partial charge in [0.15, 0.2) is 0 Å². The Hall–Kier alpha value is -1.57. The Morgan fingerprint density at radius 1 is 1.22 bits per heavy atom. The number of benzene rings is 1. The van der Waals surface area contributed by atoms with Crippen molar-refractivity contribution in [3.8, 4) is 0 Å². The van der Waals surface area contributed by atoms with E-state index < -0.39 is 10.0 Å². The number of rotatable bonds is 4. The van der Waals surface area contributed by atoms with Crippen molar-refractivity contribution in [2.24, 2.45) is 0 Å². The van der Waals surface area contributed by atoms with E-state index in [9.17, 15) is 8.42 Å². The topological polar surface area (TPSA) is 58.6 Å². The summed E-state index contributed by atoms with van der Waals surface area (Å²) >= 11 is 1.20. The maximum Gasteiger partial charge on any atom is 0.271 e. The first-order valence-corrected chi connectivity index (χ1v) is 9.86. The number of nitrogens with zero attached hydrogens (tertiary/aromatic N) is 1. The summed E-state index contributed by atoms with van der Waals surface area (Å²) in [6.45, 7) is 5.72. The lowest BCUT2D eigenvalue weighted by Gasteiger charge is -2.38. The van der Waals surface area contributed by atoms with E-state index in [1.807, 2.05) is 12.1 Å². The smallest absolute Gasteiger partial charge is 0.271 e. The molecule has 124 valence electrons. The summed E-state index contributed by atoms with van der Waals surface area (Å²) in [5.74, 6) is 0. The molecule has 3 rings (SSSR count). The second-order valence-electron chi connectivity index (χ2n) is 5.73. The molecule has 2 unspecified atom stereocenters. The van der Waals surface area contributed by atoms with E-state index in [2.05, 4.69) is 23.5 Å². The number of hydrogen-bond donors (Lipinski definition) is 1. The third-order valence-electron chi connectivity index (χ3n) is 3.82. The Morgan fingerprint density at radius 2 is 1.96 bits per heavy atom. The molecule has 2 atom stereocenters. The number of hydrogen-bond acceptors (Lipinski definition) is 5. The zero-order valence-corrected chi connectivity index (χ0v) is 14.7. The van der Waals surface area contributed by atoms with Gasteiger partial charge >= 0.3 is 0 Å². The van der Waals surface area contributed by atoms with Gasteiger partial charge in [-0.25, -0.2) is 8.42 Å². The van der Waals surface area contributed by atoms with Crippen LogP contribution in [0.3, 0.4) is 0 Å². The van der Waals surface area contributed by atoms with Gasteiger partial charge < -0.3 is 9.64 Å². The van der Waals surface area contributed by atoms with Crippen LogP contribution < -0.4 is 9.62 Å². The van der Waals surface area contributed by atoms with Crippen molar-refractivity contribution in [1.82, 2.24) is 0 Å². The van der Waals surface area contributed by atoms with Crippen molar-refractivity contribution in [2.75, 3.05) is 22.8 Å². The second kappa shape index (κ2) is 6.51. The summed E-state index contributed by atoms with van der Waals surface area (Å²) in [5.41, 5.74) is 1.64. The van der Waals surface area contributed by atoms with Gasteiger partial charge in [-0.05, 0) is 49.6 Å². The molecule has 23 heavy (non-hydrogen) atoms. The summed E-state index contributed by atoms with van der Waals surface area (Å²) in [5, 5.41) is 1.75. The highest BCUT2D eigenvalue weighted by Crippen LogP contribution is 2.25. The summed E-state index contributed by atoms with van der Waals surface area (Å²) in [4.78, 5) is 2.28. The Bertz CT molecular complexity index is 742. The van der Waals surface area contributed by atoms with E-state index in [4.69, 9.17) is 4.74 Å². The number of ether oxygens (including phenoxy) is 1. The van der Waals surface area contributed by atoms with Gasteiger partial charge in [-0.3, -0.25) is 4.72 Å². The largest absolute Gasteiger partial charge is 0.375 e. The summed E-state index contributed by atoms with van der Waals surface area (Å²) in [6.07, 6.45) is 0.197. The van der Waals surface area contributed by atoms with Gasteiger partial charge in [0, 0.05) is 24.0 Å². The average molecular weight is 352 g/mol. The molecule has 2 aromatic rings. The normalized spacial score (nSPS) is 22.1. The molecule has 7 heteroatoms. The minimum atomic E-state index is -3.49. The van der Waals surface area contributed by atoms with Crippen molar-refractivity contribution in [3.05, 3.63) is 41.8 Å². The highest BCUT2D eigenvalue weighted by molar-refractivity contribution is 7.94. The molecular formula is C16H20N2O3S2. The van der Waals surface area contributed by atoms with Crippen LogP contribution >= 0.6 is 11.3 Å². The third-order valence-corrected chi connectivity index (χ3v) is 6.60. The third kappa shape index (κ3) is 3.68. The second-order valence-corrected chi connectivity index (χ2v) is 8.59. The van der Waals surface area contributed by atoms with Crippen molar-refractivity contribution in [1.29, 1.82) is 0 Å². The number of nitrogens with one attached hydrogen (secondary N) is 1. The Balaban J connectivity index is 1.75. The Labute approximate surface area is 140 Å². The molecule has 1 N–H and O–H groups in total. The number of sulfonamides is 1. The summed E-state index contributed by atoms with van der Waals surface area (Å²) < 4.78 is 33.0. The molecule has 1 aromatic heterocycles. The van der Waals surface area contributed by atoms with Gasteiger partial charge in [0.05, 0.1) is 12.7 Å². The van der Waals surface area contributed by atoms with Gasteiger partial charge in [-0.15, -0.1) is 11.3 Å². The van der Waals surface area contributed by atoms with Gasteiger partial charge in [-0.1, -0.05) is 6.07 Å². The van der Waals surface area contributed by atoms with Crippen LogP contribution in [0.5, 0.6) is 0 Å². The molecule has 0 radical (unpaired) electrons. The first-order valence-electron chi connectivity index (χ1n) is 7.50. The van der Waals surface area contributed by atoms with Crippen LogP contribution in [0.25, 0.3) is 0 Å². The molecule has 0 saturated carbocycles. The average Bonchev–Trinajstić information content (AvgIpc) is 3.06. The fourth-order valence-electron chi connectivity index (χ4n) is 2.61. The lowest BCUT2D eigenvalue weighted by Crippen LogP contribution is -2.47. The monoisotopic (exact) mass is 352 g/mol. The minimum Gasteiger partial charge on any atom is -0.375 e. The summed E-state index contributed by atoms with van der Waals surface area (Å²) in [6, 6.07) is 11.1. The van der Waals surface area contributed by atoms with Crippen molar-refractivity contribution < 1.29 is 13.2 Å². The minimum absolute atomic E-state index is 0.197. The van der Waals surface area contributed by atoms with Crippen LogP contribution in [0.1, 0.15) is 13.8 Å². The maximum atomic E-state index is 12.2. The molecule has 0 bridgehead atoms. The highest BCUT2D eigenvalue weighted by atomic mass is 32.2. The molecule has 1 saturated heterocycles. The first-order chi connectivity index (χ1) is 11.0. The lowest BCUT2D eigenvalue weighted by atomic mass is 10.1. The molecule has 0 amide bonds. The Morgan fingerprint density at radius 3 is 2.61 bits per heavy atom. The zero-order valence-electron chi connectivity index (χ0n) is 13.1. The molecule has 1 aliphatic rings. The van der Waals surface area contributed by atoms with Crippen LogP contribution in [-0.2, 0) is 14.8 Å². The molecular weight excluding hydrogens is 332 g/mol. The van der Waals surface area contributed by atoms with E-state index in [1.165, 1.54) is 11.3 Å². The molecule has 1 aromatic carbocycles. The molecule has 0 aliphatic carbocycles. The van der Waals surface area contributed by atoms with E-state index in [0.717, 1.165) is 12.2 Å². The molecule has 0 spiro atoms. The van der Waals surface area contributed by atoms with Crippen molar-refractivity contribution in [3.63, 3.8) is 0 Å². The molecule has 1 aliphatic heterocycles. The number of anilines is 2. The lowest BCUT2D eigenvalue weighted by molar-refractivity contribution is 0.0344. The summed E-state index contributed by atoms with van der Waals surface area (Å²) in [7, 11) is -3.49. The number of thiophene rings is 1. The molecule has 2 heterocycles. The van der Waals surface area contributed by atoms with Gasteiger partial charge in [0.25, 0.3) is 10.0 Å². The predicted molar refractivity (Wildman–Crippen MR) is 93.8 cm³/mol. The van der Waals surface area contributed by atoms with E-state index in [0.29, 0.717) is 22.5 Å². The molecule has 5 nitrogen and oxygen atoms in total. The van der Waals surface area contributed by atoms with Crippen LogP contribution in [-0.4, -0.2) is 33.7 Å². The van der Waals surface area contributed by atoms with Crippen molar-refractivity contribution in [2.45, 2.75) is 30.2 Å². The first kappa shape index (κ1) is 16.3. The maximum absolute atomic E-state index is 12.2. The Kier molecular flexibility index (Phi) is 4.61. The van der Waals surface area contributed by atoms with Gasteiger partial charge in [0.2, 0.25) is 0 Å². The van der Waals surface area contributed by atoms with Gasteiger partial charge in [-0.2, -0.15) is 0 Å². The predicted octanol–water partition coefficient (Wildman–Crippen LogP) is 3.16. The molecule has 1 fully saturated rings. The van der Waals surface area contributed by atoms with E-state index in [1.54, 1.807) is 29.6 Å². The van der Waals surface area contributed by atoms with Crippen LogP contribution in [0.2, 0.25) is 0 Å². The van der Waals surface area contributed by atoms with E-state index >= 15 is 0 Å². The number of morpholine rings is 1. The van der Waals surface area contributed by atoms with Crippen LogP contribution in [0.4, 0.5) is 11.4 Å². The van der Waals surface area contributed by atoms with Gasteiger partial charge in [0.1, 0.15) is 4.21 Å². The fraction of sp³-hybridized carbons (Fsp3) is 0.375.